The van der Waals surface area contributed by atoms with Gasteiger partial charge in [-0.25, -0.2) is 13.6 Å². The fourth-order valence-corrected chi connectivity index (χ4v) is 2.92. The van der Waals surface area contributed by atoms with Crippen molar-refractivity contribution in [1.29, 1.82) is 0 Å². The van der Waals surface area contributed by atoms with Gasteiger partial charge in [0.15, 0.2) is 5.03 Å². The predicted octanol–water partition coefficient (Wildman–Crippen LogP) is 0.193. The molecule has 1 fully saturated rings. The molecule has 3 N–H and O–H groups in total. The number of primary sulfonamides is 1. The van der Waals surface area contributed by atoms with Crippen LogP contribution in [0.2, 0.25) is 0 Å². The van der Waals surface area contributed by atoms with Gasteiger partial charge in [0.25, 0.3) is 10.0 Å². The first-order chi connectivity index (χ1) is 8.02. The third kappa shape index (κ3) is 2.67. The maximum Gasteiger partial charge on any atom is 0.255 e. The quantitative estimate of drug-likeness (QED) is 0.789. The first kappa shape index (κ1) is 12.5. The maximum atomic E-state index is 11.5. The first-order valence-electron chi connectivity index (χ1n) is 5.83. The maximum absolute atomic E-state index is 11.5. The van der Waals surface area contributed by atoms with E-state index in [-0.39, 0.29) is 5.03 Å². The van der Waals surface area contributed by atoms with Crippen molar-refractivity contribution in [3.8, 4) is 0 Å². The molecule has 0 saturated heterocycles. The molecule has 1 heterocycles. The average molecular weight is 258 g/mol. The fraction of sp³-hybridized carbons (Fsp3) is 0.700. The standard InChI is InChI=1S/C10H18N4O2S/c1-2-14-10(17(11,15)16)8(7-13-14)6-12-9-4-3-5-9/h7,9,12H,2-6H2,1H3,(H2,11,15,16). The van der Waals surface area contributed by atoms with E-state index < -0.39 is 10.0 Å². The number of nitrogens with two attached hydrogens (primary N) is 1. The van der Waals surface area contributed by atoms with E-state index in [0.717, 1.165) is 12.8 Å². The highest BCUT2D eigenvalue weighted by Crippen LogP contribution is 2.20. The predicted molar refractivity (Wildman–Crippen MR) is 63.8 cm³/mol. The molecule has 1 aliphatic rings. The Labute approximate surface area is 101 Å². The Morgan fingerprint density at radius 3 is 2.76 bits per heavy atom. The van der Waals surface area contributed by atoms with Gasteiger partial charge in [-0.15, -0.1) is 0 Å². The van der Waals surface area contributed by atoms with Gasteiger partial charge >= 0.3 is 0 Å². The highest BCUT2D eigenvalue weighted by Gasteiger charge is 2.22. The highest BCUT2D eigenvalue weighted by atomic mass is 32.2. The largest absolute Gasteiger partial charge is 0.310 e. The topological polar surface area (TPSA) is 90.0 Å². The lowest BCUT2D eigenvalue weighted by Crippen LogP contribution is -2.35. The second-order valence-corrected chi connectivity index (χ2v) is 5.82. The van der Waals surface area contributed by atoms with E-state index >= 15 is 0 Å². The Hall–Kier alpha value is -0.920. The molecule has 96 valence electrons. The summed E-state index contributed by atoms with van der Waals surface area (Å²) in [6, 6.07) is 0.508. The molecule has 0 spiro atoms. The van der Waals surface area contributed by atoms with E-state index in [1.165, 1.54) is 11.1 Å². The summed E-state index contributed by atoms with van der Waals surface area (Å²) < 4.78 is 24.4. The van der Waals surface area contributed by atoms with E-state index in [2.05, 4.69) is 10.4 Å². The summed E-state index contributed by atoms with van der Waals surface area (Å²) in [5, 5.41) is 12.7. The van der Waals surface area contributed by atoms with Crippen molar-refractivity contribution >= 4 is 10.0 Å². The van der Waals surface area contributed by atoms with Gasteiger partial charge in [0.05, 0.1) is 6.20 Å². The molecule has 0 amide bonds. The summed E-state index contributed by atoms with van der Waals surface area (Å²) in [7, 11) is -3.71. The van der Waals surface area contributed by atoms with Crippen LogP contribution in [0.3, 0.4) is 0 Å². The Balaban J connectivity index is 2.18. The van der Waals surface area contributed by atoms with Gasteiger partial charge in [-0.3, -0.25) is 4.68 Å². The summed E-state index contributed by atoms with van der Waals surface area (Å²) in [5.41, 5.74) is 0.654. The lowest BCUT2D eigenvalue weighted by atomic mass is 9.93. The molecule has 0 radical (unpaired) electrons. The summed E-state index contributed by atoms with van der Waals surface area (Å²) in [4.78, 5) is 0. The second kappa shape index (κ2) is 4.75. The van der Waals surface area contributed by atoms with E-state index in [4.69, 9.17) is 5.14 Å². The smallest absolute Gasteiger partial charge is 0.255 e. The summed E-state index contributed by atoms with van der Waals surface area (Å²) in [6.45, 7) is 2.84. The molecule has 1 aromatic heterocycles. The normalized spacial score (nSPS) is 17.1. The third-order valence-corrected chi connectivity index (χ3v) is 4.13. The van der Waals surface area contributed by atoms with Crippen LogP contribution in [-0.4, -0.2) is 24.2 Å². The van der Waals surface area contributed by atoms with Crippen LogP contribution in [0.1, 0.15) is 31.7 Å². The number of nitrogens with one attached hydrogen (secondary N) is 1. The Kier molecular flexibility index (Phi) is 3.50. The van der Waals surface area contributed by atoms with Crippen molar-refractivity contribution in [2.75, 3.05) is 0 Å². The highest BCUT2D eigenvalue weighted by molar-refractivity contribution is 7.89. The second-order valence-electron chi connectivity index (χ2n) is 4.34. The number of sulfonamides is 1. The zero-order valence-corrected chi connectivity index (χ0v) is 10.7. The molecule has 17 heavy (non-hydrogen) atoms. The molecule has 0 aliphatic heterocycles. The SMILES string of the molecule is CCn1ncc(CNC2CCC2)c1S(N)(=O)=O. The summed E-state index contributed by atoms with van der Waals surface area (Å²) >= 11 is 0. The third-order valence-electron chi connectivity index (χ3n) is 3.12. The van der Waals surface area contributed by atoms with Crippen LogP contribution in [0.5, 0.6) is 0 Å². The number of nitrogens with zero attached hydrogens (tertiary/aromatic N) is 2. The number of hydrogen-bond acceptors (Lipinski definition) is 4. The zero-order valence-electron chi connectivity index (χ0n) is 9.89. The summed E-state index contributed by atoms with van der Waals surface area (Å²) in [5.74, 6) is 0. The Morgan fingerprint density at radius 2 is 2.29 bits per heavy atom. The van der Waals surface area contributed by atoms with Crippen LogP contribution in [0.25, 0.3) is 0 Å². The van der Waals surface area contributed by atoms with Gasteiger partial charge in [-0.05, 0) is 19.8 Å². The van der Waals surface area contributed by atoms with Gasteiger partial charge in [-0.2, -0.15) is 5.10 Å². The molecule has 0 unspecified atom stereocenters. The first-order valence-corrected chi connectivity index (χ1v) is 7.38. The number of rotatable bonds is 5. The minimum Gasteiger partial charge on any atom is -0.310 e. The molecule has 0 aromatic carbocycles. The molecular formula is C10H18N4O2S. The van der Waals surface area contributed by atoms with Gasteiger partial charge < -0.3 is 5.32 Å². The van der Waals surface area contributed by atoms with Crippen molar-refractivity contribution in [2.45, 2.75) is 50.3 Å². The van der Waals surface area contributed by atoms with Crippen LogP contribution in [0, 0.1) is 0 Å². The molecule has 7 heteroatoms. The van der Waals surface area contributed by atoms with E-state index in [9.17, 15) is 8.42 Å². The van der Waals surface area contributed by atoms with Crippen LogP contribution >= 0.6 is 0 Å². The van der Waals surface area contributed by atoms with Crippen molar-refractivity contribution < 1.29 is 8.42 Å². The average Bonchev–Trinajstić information content (AvgIpc) is 2.58. The van der Waals surface area contributed by atoms with Crippen molar-refractivity contribution in [2.24, 2.45) is 5.14 Å². The van der Waals surface area contributed by atoms with Gasteiger partial charge in [0.2, 0.25) is 0 Å². The molecule has 2 rings (SSSR count). The molecule has 0 atom stereocenters. The van der Waals surface area contributed by atoms with Gasteiger partial charge in [0.1, 0.15) is 0 Å². The molecule has 0 bridgehead atoms. The van der Waals surface area contributed by atoms with Crippen molar-refractivity contribution in [1.82, 2.24) is 15.1 Å². The summed E-state index contributed by atoms with van der Waals surface area (Å²) in [6.07, 6.45) is 5.14. The Bertz CT molecular complexity index is 490. The van der Waals surface area contributed by atoms with Crippen LogP contribution in [-0.2, 0) is 23.1 Å². The van der Waals surface area contributed by atoms with Crippen LogP contribution in [0.4, 0.5) is 0 Å². The molecule has 6 nitrogen and oxygen atoms in total. The molecular weight excluding hydrogens is 240 g/mol. The lowest BCUT2D eigenvalue weighted by Gasteiger charge is -2.26. The van der Waals surface area contributed by atoms with Crippen LogP contribution < -0.4 is 10.5 Å². The number of hydrogen-bond donors (Lipinski definition) is 2. The number of aryl methyl sites for hydroxylation is 1. The number of aromatic nitrogens is 2. The van der Waals surface area contributed by atoms with Crippen molar-refractivity contribution in [3.63, 3.8) is 0 Å². The molecule has 1 aliphatic carbocycles. The van der Waals surface area contributed by atoms with E-state index in [1.54, 1.807) is 6.20 Å². The van der Waals surface area contributed by atoms with Gasteiger partial charge in [0, 0.05) is 24.7 Å². The monoisotopic (exact) mass is 258 g/mol. The molecule has 1 saturated carbocycles. The minimum absolute atomic E-state index is 0.131. The van der Waals surface area contributed by atoms with Crippen molar-refractivity contribution in [3.05, 3.63) is 11.8 Å². The fourth-order valence-electron chi connectivity index (χ4n) is 1.96. The van der Waals surface area contributed by atoms with E-state index in [1.807, 2.05) is 6.92 Å². The lowest BCUT2D eigenvalue weighted by molar-refractivity contribution is 0.337. The zero-order chi connectivity index (χ0) is 12.5. The molecule has 1 aromatic rings. The van der Waals surface area contributed by atoms with Gasteiger partial charge in [-0.1, -0.05) is 6.42 Å². The van der Waals surface area contributed by atoms with Crippen LogP contribution in [0.15, 0.2) is 11.2 Å². The van der Waals surface area contributed by atoms with E-state index in [0.29, 0.717) is 24.7 Å². The Morgan fingerprint density at radius 1 is 1.59 bits per heavy atom. The minimum atomic E-state index is -3.71.